The smallest absolute Gasteiger partial charge is 0.247 e. The molecule has 0 radical (unpaired) electrons. The number of hydrogen-bond donors (Lipinski definition) is 2. The summed E-state index contributed by atoms with van der Waals surface area (Å²) in [5.74, 6) is 2.09. The minimum absolute atomic E-state index is 0.358. The highest BCUT2D eigenvalue weighted by Gasteiger charge is 2.22. The zero-order valence-electron chi connectivity index (χ0n) is 17.7. The monoisotopic (exact) mass is 401 g/mol. The number of piperidine rings is 1. The molecule has 1 fully saturated rings. The van der Waals surface area contributed by atoms with Crippen molar-refractivity contribution < 1.29 is 4.42 Å². The first-order chi connectivity index (χ1) is 14.6. The van der Waals surface area contributed by atoms with E-state index >= 15 is 0 Å². The van der Waals surface area contributed by atoms with Gasteiger partial charge in [-0.05, 0) is 74.7 Å². The topological polar surface area (TPSA) is 79.6 Å². The molecule has 0 amide bonds. The van der Waals surface area contributed by atoms with Crippen LogP contribution in [-0.4, -0.2) is 33.3 Å². The van der Waals surface area contributed by atoms with E-state index in [0.29, 0.717) is 17.7 Å². The first-order valence-electron chi connectivity index (χ1n) is 10.7. The van der Waals surface area contributed by atoms with Gasteiger partial charge in [0, 0.05) is 39.8 Å². The van der Waals surface area contributed by atoms with Gasteiger partial charge in [0.15, 0.2) is 0 Å². The SMILES string of the molecule is Cc1cc(-c2[nH]c3ccc(-c4nnc(C5CCNCC5)o4)cc3c2C(C)C)ccn1. The molecule has 0 atom stereocenters. The van der Waals surface area contributed by atoms with E-state index in [-0.39, 0.29) is 0 Å². The molecule has 1 saturated heterocycles. The van der Waals surface area contributed by atoms with Crippen molar-refractivity contribution in [1.82, 2.24) is 25.5 Å². The number of aromatic nitrogens is 4. The fourth-order valence-corrected chi connectivity index (χ4v) is 4.46. The Morgan fingerprint density at radius 1 is 1.03 bits per heavy atom. The molecule has 2 N–H and O–H groups in total. The molecule has 6 heteroatoms. The van der Waals surface area contributed by atoms with Gasteiger partial charge < -0.3 is 14.7 Å². The molecule has 3 aromatic heterocycles. The van der Waals surface area contributed by atoms with E-state index in [1.807, 2.05) is 13.1 Å². The van der Waals surface area contributed by atoms with Crippen molar-refractivity contribution in [2.24, 2.45) is 0 Å². The third kappa shape index (κ3) is 3.41. The van der Waals surface area contributed by atoms with Crippen LogP contribution in [0, 0.1) is 6.92 Å². The third-order valence-electron chi connectivity index (χ3n) is 5.98. The van der Waals surface area contributed by atoms with Gasteiger partial charge in [-0.15, -0.1) is 10.2 Å². The number of nitrogens with one attached hydrogen (secondary N) is 2. The Labute approximate surface area is 176 Å². The lowest BCUT2D eigenvalue weighted by Crippen LogP contribution is -2.26. The number of nitrogens with zero attached hydrogens (tertiary/aromatic N) is 3. The highest BCUT2D eigenvalue weighted by atomic mass is 16.4. The average Bonchev–Trinajstić information content (AvgIpc) is 3.39. The first-order valence-corrected chi connectivity index (χ1v) is 10.7. The van der Waals surface area contributed by atoms with E-state index in [1.165, 1.54) is 10.9 Å². The van der Waals surface area contributed by atoms with Crippen LogP contribution in [0.4, 0.5) is 0 Å². The fraction of sp³-hybridized carbons (Fsp3) is 0.375. The Morgan fingerprint density at radius 3 is 2.63 bits per heavy atom. The summed E-state index contributed by atoms with van der Waals surface area (Å²) in [6, 6.07) is 10.5. The summed E-state index contributed by atoms with van der Waals surface area (Å²) >= 11 is 0. The largest absolute Gasteiger partial charge is 0.420 e. The Kier molecular flexibility index (Phi) is 4.87. The summed E-state index contributed by atoms with van der Waals surface area (Å²) in [5, 5.41) is 13.3. The minimum atomic E-state index is 0.358. The van der Waals surface area contributed by atoms with Gasteiger partial charge in [0.25, 0.3) is 0 Å². The molecule has 5 rings (SSSR count). The second-order valence-corrected chi connectivity index (χ2v) is 8.48. The molecule has 0 unspecified atom stereocenters. The summed E-state index contributed by atoms with van der Waals surface area (Å²) < 4.78 is 6.10. The van der Waals surface area contributed by atoms with Crippen LogP contribution in [0.5, 0.6) is 0 Å². The number of aryl methyl sites for hydroxylation is 1. The van der Waals surface area contributed by atoms with Gasteiger partial charge in [-0.3, -0.25) is 4.98 Å². The van der Waals surface area contributed by atoms with E-state index in [1.54, 1.807) is 0 Å². The van der Waals surface area contributed by atoms with Crippen LogP contribution in [0.15, 0.2) is 40.9 Å². The van der Waals surface area contributed by atoms with E-state index < -0.39 is 0 Å². The third-order valence-corrected chi connectivity index (χ3v) is 5.98. The summed E-state index contributed by atoms with van der Waals surface area (Å²) in [4.78, 5) is 7.97. The molecule has 4 aromatic rings. The second-order valence-electron chi connectivity index (χ2n) is 8.48. The number of hydrogen-bond acceptors (Lipinski definition) is 5. The Morgan fingerprint density at radius 2 is 1.87 bits per heavy atom. The van der Waals surface area contributed by atoms with Crippen LogP contribution >= 0.6 is 0 Å². The molecule has 0 saturated carbocycles. The number of fused-ring (bicyclic) bond motifs is 1. The van der Waals surface area contributed by atoms with Crippen molar-refractivity contribution in [3.8, 4) is 22.7 Å². The van der Waals surface area contributed by atoms with Crippen LogP contribution in [0.1, 0.15) is 55.7 Å². The van der Waals surface area contributed by atoms with Crippen molar-refractivity contribution in [3.05, 3.63) is 53.7 Å². The van der Waals surface area contributed by atoms with Crippen molar-refractivity contribution in [3.63, 3.8) is 0 Å². The molecule has 1 aliphatic rings. The molecule has 0 spiro atoms. The standard InChI is InChI=1S/C24H27N5O/c1-14(2)21-19-13-18(24-29-28-23(30-24)16-6-9-25-10-7-16)4-5-20(19)27-22(21)17-8-11-26-15(3)12-17/h4-5,8,11-14,16,25,27H,6-7,9-10H2,1-3H3. The predicted molar refractivity (Wildman–Crippen MR) is 118 cm³/mol. The number of benzene rings is 1. The lowest BCUT2D eigenvalue weighted by molar-refractivity contribution is 0.378. The Balaban J connectivity index is 1.57. The van der Waals surface area contributed by atoms with Gasteiger partial charge in [-0.1, -0.05) is 13.8 Å². The normalized spacial score (nSPS) is 15.3. The maximum absolute atomic E-state index is 6.10. The highest BCUT2D eigenvalue weighted by molar-refractivity contribution is 5.93. The number of aromatic amines is 1. The molecule has 0 aliphatic carbocycles. The highest BCUT2D eigenvalue weighted by Crippen LogP contribution is 2.37. The van der Waals surface area contributed by atoms with Gasteiger partial charge in [-0.2, -0.15) is 0 Å². The van der Waals surface area contributed by atoms with E-state index in [0.717, 1.165) is 59.9 Å². The minimum Gasteiger partial charge on any atom is -0.420 e. The summed E-state index contributed by atoms with van der Waals surface area (Å²) in [6.45, 7) is 8.50. The number of rotatable bonds is 4. The molecular formula is C24H27N5O. The molecule has 154 valence electrons. The molecule has 1 aromatic carbocycles. The quantitative estimate of drug-likeness (QED) is 0.493. The van der Waals surface area contributed by atoms with Crippen LogP contribution in [0.2, 0.25) is 0 Å². The lowest BCUT2D eigenvalue weighted by Gasteiger charge is -2.18. The number of H-pyrrole nitrogens is 1. The number of pyridine rings is 1. The zero-order chi connectivity index (χ0) is 20.7. The summed E-state index contributed by atoms with van der Waals surface area (Å²) in [6.07, 6.45) is 3.96. The van der Waals surface area contributed by atoms with E-state index in [4.69, 9.17) is 4.42 Å². The van der Waals surface area contributed by atoms with Gasteiger partial charge >= 0.3 is 0 Å². The van der Waals surface area contributed by atoms with Gasteiger partial charge in [0.05, 0.1) is 5.69 Å². The molecule has 0 bridgehead atoms. The maximum atomic E-state index is 6.10. The van der Waals surface area contributed by atoms with Crippen molar-refractivity contribution in [2.75, 3.05) is 13.1 Å². The Hall–Kier alpha value is -2.99. The van der Waals surface area contributed by atoms with Crippen molar-refractivity contribution in [1.29, 1.82) is 0 Å². The molecule has 4 heterocycles. The molecule has 1 aliphatic heterocycles. The van der Waals surface area contributed by atoms with Crippen LogP contribution in [0.25, 0.3) is 33.6 Å². The predicted octanol–water partition coefficient (Wildman–Crippen LogP) is 5.18. The van der Waals surface area contributed by atoms with Crippen molar-refractivity contribution >= 4 is 10.9 Å². The summed E-state index contributed by atoms with van der Waals surface area (Å²) in [5.41, 5.74) is 6.71. The van der Waals surface area contributed by atoms with E-state index in [9.17, 15) is 0 Å². The summed E-state index contributed by atoms with van der Waals surface area (Å²) in [7, 11) is 0. The van der Waals surface area contributed by atoms with Crippen LogP contribution in [-0.2, 0) is 0 Å². The average molecular weight is 402 g/mol. The maximum Gasteiger partial charge on any atom is 0.247 e. The molecule has 30 heavy (non-hydrogen) atoms. The van der Waals surface area contributed by atoms with Gasteiger partial charge in [0.2, 0.25) is 11.8 Å². The van der Waals surface area contributed by atoms with E-state index in [2.05, 4.69) is 69.7 Å². The van der Waals surface area contributed by atoms with Crippen molar-refractivity contribution in [2.45, 2.75) is 45.4 Å². The molecular weight excluding hydrogens is 374 g/mol. The van der Waals surface area contributed by atoms with Gasteiger partial charge in [-0.25, -0.2) is 0 Å². The van der Waals surface area contributed by atoms with Crippen LogP contribution < -0.4 is 5.32 Å². The van der Waals surface area contributed by atoms with Crippen LogP contribution in [0.3, 0.4) is 0 Å². The Bertz CT molecular complexity index is 1180. The van der Waals surface area contributed by atoms with Gasteiger partial charge in [0.1, 0.15) is 0 Å². The lowest BCUT2D eigenvalue weighted by atomic mass is 9.95. The second kappa shape index (κ2) is 7.69. The fourth-order valence-electron chi connectivity index (χ4n) is 4.46. The zero-order valence-corrected chi connectivity index (χ0v) is 17.7. The molecule has 6 nitrogen and oxygen atoms in total. The first kappa shape index (κ1) is 19.0.